The number of hydrogen-bond donors (Lipinski definition) is 0. The summed E-state index contributed by atoms with van der Waals surface area (Å²) in [6.45, 7) is 0.552. The molecule has 0 unspecified atom stereocenters. The monoisotopic (exact) mass is 114 g/mol. The van der Waals surface area contributed by atoms with Crippen LogP contribution in [0.3, 0.4) is 0 Å². The number of rotatable bonds is 2. The summed E-state index contributed by atoms with van der Waals surface area (Å²) in [6, 6.07) is 0. The predicted molar refractivity (Wildman–Crippen MR) is 25.9 cm³/mol. The van der Waals surface area contributed by atoms with Crippen LogP contribution in [0.5, 0.6) is 0 Å². The molecule has 1 rings (SSSR count). The minimum absolute atomic E-state index is 0.552. The standard InChI is InChI=1S/C5H8NO2/c1-7-4-6-2-3-8-5-6/h2-3,5H,4H2,1H3/q+1. The molecule has 0 saturated carbocycles. The third kappa shape index (κ3) is 1.07. The molecule has 0 aliphatic rings. The Balaban J connectivity index is 2.50. The van der Waals surface area contributed by atoms with Crippen LogP contribution < -0.4 is 4.57 Å². The molecule has 0 aliphatic heterocycles. The summed E-state index contributed by atoms with van der Waals surface area (Å²) < 4.78 is 11.3. The van der Waals surface area contributed by atoms with Crippen LogP contribution >= 0.6 is 0 Å². The van der Waals surface area contributed by atoms with Crippen LogP contribution in [0, 0.1) is 0 Å². The largest absolute Gasteiger partial charge is 0.412 e. The van der Waals surface area contributed by atoms with Gasteiger partial charge in [-0.1, -0.05) is 0 Å². The van der Waals surface area contributed by atoms with Crippen molar-refractivity contribution in [1.29, 1.82) is 0 Å². The maximum Gasteiger partial charge on any atom is 0.336 e. The molecule has 0 amide bonds. The number of ether oxygens (including phenoxy) is 1. The first-order valence-electron chi connectivity index (χ1n) is 2.33. The smallest absolute Gasteiger partial charge is 0.336 e. The quantitative estimate of drug-likeness (QED) is 0.512. The maximum atomic E-state index is 4.79. The van der Waals surface area contributed by atoms with Gasteiger partial charge in [0.05, 0.1) is 0 Å². The maximum absolute atomic E-state index is 4.79. The molecule has 44 valence electrons. The lowest BCUT2D eigenvalue weighted by Crippen LogP contribution is -2.30. The van der Waals surface area contributed by atoms with Gasteiger partial charge >= 0.3 is 6.39 Å². The van der Waals surface area contributed by atoms with Crippen molar-refractivity contribution in [3.63, 3.8) is 0 Å². The molecular formula is C5H8NO2+. The van der Waals surface area contributed by atoms with Crippen LogP contribution in [0.2, 0.25) is 0 Å². The lowest BCUT2D eigenvalue weighted by atomic mass is 10.9. The highest BCUT2D eigenvalue weighted by atomic mass is 16.5. The molecule has 3 heteroatoms. The second kappa shape index (κ2) is 2.47. The van der Waals surface area contributed by atoms with Crippen LogP contribution in [0.15, 0.2) is 23.3 Å². The van der Waals surface area contributed by atoms with E-state index in [9.17, 15) is 0 Å². The molecule has 3 nitrogen and oxygen atoms in total. The molecule has 0 saturated heterocycles. The summed E-state index contributed by atoms with van der Waals surface area (Å²) in [7, 11) is 1.64. The van der Waals surface area contributed by atoms with Gasteiger partial charge in [-0.2, -0.15) is 0 Å². The van der Waals surface area contributed by atoms with E-state index in [4.69, 9.17) is 9.15 Å². The van der Waals surface area contributed by atoms with E-state index >= 15 is 0 Å². The van der Waals surface area contributed by atoms with Crippen LogP contribution in [0.25, 0.3) is 0 Å². The van der Waals surface area contributed by atoms with Gasteiger partial charge in [-0.05, 0) is 0 Å². The van der Waals surface area contributed by atoms with Gasteiger partial charge in [0.15, 0.2) is 6.26 Å². The molecule has 0 aromatic carbocycles. The topological polar surface area (TPSA) is 26.2 Å². The first-order chi connectivity index (χ1) is 3.93. The summed E-state index contributed by atoms with van der Waals surface area (Å²) in [6.07, 6.45) is 4.98. The Morgan fingerprint density at radius 3 is 3.12 bits per heavy atom. The molecule has 1 aromatic heterocycles. The van der Waals surface area contributed by atoms with Crippen LogP contribution in [0.1, 0.15) is 0 Å². The zero-order chi connectivity index (χ0) is 5.82. The zero-order valence-electron chi connectivity index (χ0n) is 4.70. The van der Waals surface area contributed by atoms with Gasteiger partial charge in [0.1, 0.15) is 0 Å². The summed E-state index contributed by atoms with van der Waals surface area (Å²) in [5, 5.41) is 0. The van der Waals surface area contributed by atoms with Crippen molar-refractivity contribution in [3.05, 3.63) is 18.9 Å². The molecule has 0 bridgehead atoms. The zero-order valence-corrected chi connectivity index (χ0v) is 4.70. The van der Waals surface area contributed by atoms with Gasteiger partial charge in [0.2, 0.25) is 6.20 Å². The van der Waals surface area contributed by atoms with Crippen LogP contribution in [0.4, 0.5) is 0 Å². The van der Waals surface area contributed by atoms with Crippen molar-refractivity contribution in [2.75, 3.05) is 7.11 Å². The van der Waals surface area contributed by atoms with Crippen LogP contribution in [-0.4, -0.2) is 7.11 Å². The second-order valence-corrected chi connectivity index (χ2v) is 1.46. The highest BCUT2D eigenvalue weighted by Crippen LogP contribution is 1.74. The molecule has 0 atom stereocenters. The summed E-state index contributed by atoms with van der Waals surface area (Å²) in [5.41, 5.74) is 0. The highest BCUT2D eigenvalue weighted by molar-refractivity contribution is 4.45. The minimum Gasteiger partial charge on any atom is -0.412 e. The van der Waals surface area contributed by atoms with Gasteiger partial charge < -0.3 is 9.15 Å². The van der Waals surface area contributed by atoms with Gasteiger partial charge in [-0.3, -0.25) is 0 Å². The number of aromatic nitrogens is 1. The number of hydrogen-bond acceptors (Lipinski definition) is 2. The number of methoxy groups -OCH3 is 1. The molecular weight excluding hydrogens is 106 g/mol. The minimum atomic E-state index is 0.552. The summed E-state index contributed by atoms with van der Waals surface area (Å²) in [4.78, 5) is 0. The molecule has 0 fully saturated rings. The Labute approximate surface area is 47.5 Å². The van der Waals surface area contributed by atoms with Crippen molar-refractivity contribution >= 4 is 0 Å². The van der Waals surface area contributed by atoms with Crippen LogP contribution in [-0.2, 0) is 11.5 Å². The fourth-order valence-electron chi connectivity index (χ4n) is 0.484. The van der Waals surface area contributed by atoms with Crippen molar-refractivity contribution in [3.8, 4) is 0 Å². The van der Waals surface area contributed by atoms with Crippen molar-refractivity contribution in [2.45, 2.75) is 6.73 Å². The third-order valence-electron chi connectivity index (χ3n) is 0.805. The molecule has 1 aromatic rings. The Kier molecular flexibility index (Phi) is 1.64. The normalized spacial score (nSPS) is 9.62. The van der Waals surface area contributed by atoms with Gasteiger partial charge in [0.25, 0.3) is 6.73 Å². The van der Waals surface area contributed by atoms with Gasteiger partial charge in [0, 0.05) is 7.11 Å². The molecule has 0 radical (unpaired) electrons. The molecule has 1 heterocycles. The van der Waals surface area contributed by atoms with E-state index in [2.05, 4.69) is 0 Å². The van der Waals surface area contributed by atoms with Crippen molar-refractivity contribution in [2.24, 2.45) is 0 Å². The Morgan fingerprint density at radius 2 is 2.62 bits per heavy atom. The number of oxazole rings is 1. The SMILES string of the molecule is COC[n+]1ccoc1. The fourth-order valence-corrected chi connectivity index (χ4v) is 0.484. The molecule has 0 spiro atoms. The second-order valence-electron chi connectivity index (χ2n) is 1.46. The molecule has 8 heavy (non-hydrogen) atoms. The highest BCUT2D eigenvalue weighted by Gasteiger charge is 1.95. The predicted octanol–water partition coefficient (Wildman–Crippen LogP) is 0.171. The average Bonchev–Trinajstić information content (AvgIpc) is 2.19. The Morgan fingerprint density at radius 1 is 1.75 bits per heavy atom. The van der Waals surface area contributed by atoms with E-state index in [1.807, 2.05) is 0 Å². The van der Waals surface area contributed by atoms with E-state index in [1.165, 1.54) is 0 Å². The first-order valence-corrected chi connectivity index (χ1v) is 2.33. The fraction of sp³-hybridized carbons (Fsp3) is 0.400. The van der Waals surface area contributed by atoms with Gasteiger partial charge in [-0.15, -0.1) is 4.57 Å². The third-order valence-corrected chi connectivity index (χ3v) is 0.805. The molecule has 0 aliphatic carbocycles. The lowest BCUT2D eigenvalue weighted by Gasteiger charge is -1.83. The van der Waals surface area contributed by atoms with Gasteiger partial charge in [-0.25, -0.2) is 0 Å². The van der Waals surface area contributed by atoms with E-state index in [1.54, 1.807) is 30.5 Å². The van der Waals surface area contributed by atoms with E-state index < -0.39 is 0 Å². The first kappa shape index (κ1) is 5.31. The number of nitrogens with zero attached hydrogens (tertiary/aromatic N) is 1. The Hall–Kier alpha value is -0.830. The van der Waals surface area contributed by atoms with Crippen molar-refractivity contribution in [1.82, 2.24) is 0 Å². The van der Waals surface area contributed by atoms with E-state index in [0.717, 1.165) is 0 Å². The summed E-state index contributed by atoms with van der Waals surface area (Å²) in [5.74, 6) is 0. The molecule has 0 N–H and O–H groups in total. The van der Waals surface area contributed by atoms with Crippen molar-refractivity contribution < 1.29 is 13.7 Å². The lowest BCUT2D eigenvalue weighted by molar-refractivity contribution is -0.733. The summed E-state index contributed by atoms with van der Waals surface area (Å²) >= 11 is 0. The average molecular weight is 114 g/mol. The Bertz CT molecular complexity index is 136. The van der Waals surface area contributed by atoms with E-state index in [-0.39, 0.29) is 0 Å². The van der Waals surface area contributed by atoms with E-state index in [0.29, 0.717) is 6.73 Å².